The summed E-state index contributed by atoms with van der Waals surface area (Å²) in [5.74, 6) is -0.943. The van der Waals surface area contributed by atoms with E-state index in [9.17, 15) is 28.8 Å². The minimum atomic E-state index is -0.363. The number of amides is 3. The molecule has 580 valence electrons. The Kier molecular flexibility index (Phi) is 37.9. The van der Waals surface area contributed by atoms with Crippen molar-refractivity contribution < 1.29 is 57.5 Å². The van der Waals surface area contributed by atoms with Gasteiger partial charge in [-0.25, -0.2) is 14.4 Å². The van der Waals surface area contributed by atoms with Crippen molar-refractivity contribution in [2.75, 3.05) is 59.1 Å². The predicted molar refractivity (Wildman–Crippen MR) is 424 cm³/mol. The van der Waals surface area contributed by atoms with Crippen LogP contribution in [0.15, 0.2) is 94.4 Å². The molecule has 0 N–H and O–H groups in total. The predicted octanol–water partition coefficient (Wildman–Crippen LogP) is 18.7. The second kappa shape index (κ2) is 47.1. The average molecular weight is 1480 g/mol. The van der Waals surface area contributed by atoms with E-state index in [2.05, 4.69) is 84.8 Å². The van der Waals surface area contributed by atoms with Crippen LogP contribution >= 0.6 is 11.6 Å². The number of allylic oxidation sites excluding steroid dienone is 5. The summed E-state index contributed by atoms with van der Waals surface area (Å²) >= 11 is 6.75. The fourth-order valence-electron chi connectivity index (χ4n) is 14.7. The van der Waals surface area contributed by atoms with Crippen molar-refractivity contribution in [2.24, 2.45) is 15.5 Å². The summed E-state index contributed by atoms with van der Waals surface area (Å²) in [4.78, 5) is 99.8. The highest BCUT2D eigenvalue weighted by molar-refractivity contribution is 6.33. The number of fused-ring (bicyclic) bond motifs is 3. The molecule has 3 amide bonds. The van der Waals surface area contributed by atoms with Gasteiger partial charge in [-0.05, 0) is 228 Å². The molecule has 3 aromatic rings. The number of carbonyl (C=O) groups is 6. The van der Waals surface area contributed by atoms with Crippen LogP contribution in [0.25, 0.3) is 0 Å². The monoisotopic (exact) mass is 1480 g/mol. The lowest BCUT2D eigenvalue weighted by atomic mass is 9.93. The van der Waals surface area contributed by atoms with E-state index in [4.69, 9.17) is 40.3 Å². The standard InChI is InChI=1S/C29H39ClN2O4.2C29H42N2O4/c1-4-13-24-15-10-7-5-6-9-14-23(31-35-20-26(33)32-16-11-8-12-17-32)19-25-27(29(34)36-24)21(2)18-22(3)28(25)30;2*1-4-13-26-15-10-7-5-6-9-14-25(30-34-21-27(32)31-16-11-8-12-17-31)20-24-19-22(2)18-23(3)28(24)29(33)35-26/h7,9-10,14,18,24H,4-6,8,11-13,15-17,19-20H2,1-3H3;2*7,10,18-19,26H,4-6,8-9,11-17,20-21H2,1-3H3/b10-7+,14-9+,31-23+;10-7+,30-25+;10-7+,30-25-. The highest BCUT2D eigenvalue weighted by atomic mass is 35.5. The van der Waals surface area contributed by atoms with E-state index >= 15 is 0 Å². The molecule has 3 atom stereocenters. The number of hydrogen-bond acceptors (Lipinski definition) is 15. The topological polar surface area (TPSA) is 205 Å². The Labute approximate surface area is 638 Å². The first kappa shape index (κ1) is 85.4. The molecule has 0 saturated carbocycles. The number of benzene rings is 3. The van der Waals surface area contributed by atoms with E-state index in [0.29, 0.717) is 58.7 Å². The van der Waals surface area contributed by atoms with Crippen molar-refractivity contribution in [1.82, 2.24) is 14.7 Å². The number of nitrogens with zero attached hydrogens (tertiary/aromatic N) is 6. The molecular formula is C87H123ClN6O12. The number of oxime groups is 3. The van der Waals surface area contributed by atoms with Gasteiger partial charge in [-0.1, -0.05) is 151 Å². The lowest BCUT2D eigenvalue weighted by Gasteiger charge is -2.26. The minimum Gasteiger partial charge on any atom is -0.458 e. The first-order valence-corrected chi connectivity index (χ1v) is 40.3. The molecule has 0 bridgehead atoms. The van der Waals surface area contributed by atoms with Crippen molar-refractivity contribution in [3.63, 3.8) is 0 Å². The van der Waals surface area contributed by atoms with Gasteiger partial charge in [-0.2, -0.15) is 0 Å². The molecule has 0 aliphatic carbocycles. The van der Waals surface area contributed by atoms with Crippen LogP contribution in [0, 0.1) is 41.5 Å². The van der Waals surface area contributed by atoms with Gasteiger partial charge in [0.1, 0.15) is 18.3 Å². The van der Waals surface area contributed by atoms with Gasteiger partial charge in [-0.15, -0.1) is 0 Å². The molecule has 6 heterocycles. The molecular weight excluding hydrogens is 1360 g/mol. The maximum atomic E-state index is 13.4. The maximum absolute atomic E-state index is 13.4. The van der Waals surface area contributed by atoms with Crippen LogP contribution in [0.5, 0.6) is 0 Å². The summed E-state index contributed by atoms with van der Waals surface area (Å²) < 4.78 is 17.9. The van der Waals surface area contributed by atoms with Crippen molar-refractivity contribution in [3.05, 3.63) is 151 Å². The number of carbonyl (C=O) groups excluding carboxylic acids is 6. The van der Waals surface area contributed by atoms with Crippen LogP contribution in [0.1, 0.15) is 282 Å². The quantitative estimate of drug-likeness (QED) is 0.0603. The van der Waals surface area contributed by atoms with E-state index in [1.54, 1.807) is 0 Å². The van der Waals surface area contributed by atoms with E-state index in [-0.39, 0.29) is 73.8 Å². The molecule has 6 aliphatic rings. The van der Waals surface area contributed by atoms with Crippen molar-refractivity contribution in [2.45, 2.75) is 280 Å². The molecule has 0 radical (unpaired) electrons. The molecule has 19 heteroatoms. The molecule has 3 fully saturated rings. The third kappa shape index (κ3) is 29.0. The van der Waals surface area contributed by atoms with Gasteiger partial charge in [0.25, 0.3) is 17.7 Å². The van der Waals surface area contributed by atoms with E-state index in [1.807, 2.05) is 86.6 Å². The van der Waals surface area contributed by atoms with Crippen molar-refractivity contribution in [1.29, 1.82) is 0 Å². The van der Waals surface area contributed by atoms with Crippen molar-refractivity contribution in [3.8, 4) is 0 Å². The lowest BCUT2D eigenvalue weighted by Crippen LogP contribution is -2.37. The van der Waals surface area contributed by atoms with Gasteiger partial charge in [-0.3, -0.25) is 14.4 Å². The molecule has 0 spiro atoms. The van der Waals surface area contributed by atoms with E-state index in [1.165, 1.54) is 12.8 Å². The minimum absolute atomic E-state index is 0.00212. The Hall–Kier alpha value is -7.86. The molecule has 18 nitrogen and oxygen atoms in total. The molecule has 3 saturated heterocycles. The van der Waals surface area contributed by atoms with Crippen LogP contribution in [0.4, 0.5) is 0 Å². The van der Waals surface area contributed by atoms with E-state index < -0.39 is 0 Å². The lowest BCUT2D eigenvalue weighted by molar-refractivity contribution is -0.137. The van der Waals surface area contributed by atoms with Crippen LogP contribution in [-0.4, -0.2) is 145 Å². The number of aryl methyl sites for hydroxylation is 6. The molecule has 0 aromatic heterocycles. The average Bonchev–Trinajstić information content (AvgIpc) is 0.797. The van der Waals surface area contributed by atoms with Crippen LogP contribution in [-0.2, 0) is 62.4 Å². The third-order valence-corrected chi connectivity index (χ3v) is 20.7. The largest absolute Gasteiger partial charge is 0.458 e. The number of likely N-dealkylation sites (tertiary alicyclic amines) is 3. The van der Waals surface area contributed by atoms with E-state index in [0.717, 1.165) is 256 Å². The summed E-state index contributed by atoms with van der Waals surface area (Å²) in [6, 6.07) is 10.1. The zero-order valence-electron chi connectivity index (χ0n) is 65.5. The number of ether oxygens (including phenoxy) is 3. The zero-order valence-corrected chi connectivity index (χ0v) is 66.2. The van der Waals surface area contributed by atoms with Gasteiger partial charge in [0, 0.05) is 82.8 Å². The Morgan fingerprint density at radius 1 is 0.425 bits per heavy atom. The van der Waals surface area contributed by atoms with Crippen LogP contribution < -0.4 is 0 Å². The Balaban J connectivity index is 0.000000222. The summed E-state index contributed by atoms with van der Waals surface area (Å²) in [5, 5.41) is 13.7. The Bertz CT molecular complexity index is 3420. The molecule has 106 heavy (non-hydrogen) atoms. The SMILES string of the molecule is CCCC1C/C=C/CC/C=C/C(=N\OCC(=O)N2CCCCC2)Cc2c(Cl)c(C)cc(C)c2C(=O)O1.CCCC1C/C=C/CCCC/C(=N/OCC(=O)N2CCCCC2)Cc2cc(C)cc(C)c2C(=O)O1.CCCC1C/C=C/CCCC/C(=N\OCC(=O)N2CCCCC2)Cc2cc(C)cc(C)c2C(=O)O1. The fraction of sp³-hybridized carbons (Fsp3) is 0.598. The zero-order chi connectivity index (χ0) is 76.0. The highest BCUT2D eigenvalue weighted by Crippen LogP contribution is 2.32. The summed E-state index contributed by atoms with van der Waals surface area (Å²) in [6.45, 7) is 22.8. The second-order valence-corrected chi connectivity index (χ2v) is 29.9. The first-order chi connectivity index (χ1) is 51.3. The number of piperidine rings is 3. The van der Waals surface area contributed by atoms with Gasteiger partial charge in [0.05, 0.1) is 33.8 Å². The highest BCUT2D eigenvalue weighted by Gasteiger charge is 2.28. The third-order valence-electron chi connectivity index (χ3n) is 20.2. The number of hydrogen-bond donors (Lipinski definition) is 0. The van der Waals surface area contributed by atoms with Gasteiger partial charge < -0.3 is 43.4 Å². The summed E-state index contributed by atoms with van der Waals surface area (Å²) in [7, 11) is 0. The molecule has 3 aromatic carbocycles. The fourth-order valence-corrected chi connectivity index (χ4v) is 15.0. The number of cyclic esters (lactones) is 3. The molecule has 9 rings (SSSR count). The van der Waals surface area contributed by atoms with Gasteiger partial charge >= 0.3 is 17.9 Å². The summed E-state index contributed by atoms with van der Waals surface area (Å²) in [5.41, 5.74) is 12.3. The number of halogens is 1. The van der Waals surface area contributed by atoms with Crippen molar-refractivity contribution >= 4 is 64.4 Å². The Morgan fingerprint density at radius 2 is 0.792 bits per heavy atom. The number of esters is 3. The Morgan fingerprint density at radius 3 is 1.20 bits per heavy atom. The normalized spacial score (nSPS) is 22.2. The first-order valence-electron chi connectivity index (χ1n) is 40.0. The van der Waals surface area contributed by atoms with Crippen LogP contribution in [0.3, 0.4) is 0 Å². The smallest absolute Gasteiger partial charge is 0.339 e. The van der Waals surface area contributed by atoms with Crippen LogP contribution in [0.2, 0.25) is 5.02 Å². The maximum Gasteiger partial charge on any atom is 0.339 e. The molecule has 3 unspecified atom stereocenters. The number of rotatable bonds is 15. The molecule has 6 aliphatic heterocycles. The second-order valence-electron chi connectivity index (χ2n) is 29.5. The summed E-state index contributed by atoms with van der Waals surface area (Å²) in [6.07, 6.45) is 44.4. The van der Waals surface area contributed by atoms with Gasteiger partial charge in [0.15, 0.2) is 19.8 Å². The van der Waals surface area contributed by atoms with Gasteiger partial charge in [0.2, 0.25) is 0 Å².